The summed E-state index contributed by atoms with van der Waals surface area (Å²) in [4.78, 5) is 65.7. The van der Waals surface area contributed by atoms with Crippen molar-refractivity contribution in [1.29, 1.82) is 0 Å². The molecular weight excluding hydrogens is 548 g/mol. The molecule has 0 saturated carbocycles. The molecule has 5 aromatic carbocycles. The summed E-state index contributed by atoms with van der Waals surface area (Å²) >= 11 is 0. The van der Waals surface area contributed by atoms with Crippen molar-refractivity contribution in [1.82, 2.24) is 10.2 Å². The van der Waals surface area contributed by atoms with E-state index >= 15 is 0 Å². The van der Waals surface area contributed by atoms with Crippen molar-refractivity contribution in [3.05, 3.63) is 70.8 Å². The van der Waals surface area contributed by atoms with Gasteiger partial charge in [0, 0.05) is 52.6 Å². The fourth-order valence-corrected chi connectivity index (χ4v) is 6.64. The molecule has 0 aromatic heterocycles. The minimum Gasteiger partial charge on any atom is -0.466 e. The van der Waals surface area contributed by atoms with Gasteiger partial charge in [0.1, 0.15) is 0 Å². The smallest absolute Gasteiger partial charge is 0.305 e. The molecule has 216 valence electrons. The molecule has 2 N–H and O–H groups in total. The van der Waals surface area contributed by atoms with E-state index in [1.807, 2.05) is 24.3 Å². The van der Waals surface area contributed by atoms with Crippen LogP contribution in [-0.4, -0.2) is 59.4 Å². The normalized spacial score (nSPS) is 14.5. The predicted molar refractivity (Wildman–Crippen MR) is 161 cm³/mol. The summed E-state index contributed by atoms with van der Waals surface area (Å²) in [5.41, 5.74) is 1.79. The number of rotatable bonds is 10. The molecule has 0 spiro atoms. The van der Waals surface area contributed by atoms with Crippen LogP contribution < -0.4 is 5.32 Å². The molecule has 9 nitrogen and oxygen atoms in total. The molecule has 43 heavy (non-hydrogen) atoms. The number of aliphatic hydroxyl groups is 1. The van der Waals surface area contributed by atoms with Gasteiger partial charge in [-0.15, -0.1) is 0 Å². The number of nitrogens with zero attached hydrogens (tertiary/aromatic N) is 1. The van der Waals surface area contributed by atoms with Crippen LogP contribution in [0.3, 0.4) is 0 Å². The van der Waals surface area contributed by atoms with Crippen LogP contribution in [0.25, 0.3) is 43.1 Å². The van der Waals surface area contributed by atoms with Crippen LogP contribution in [0.1, 0.15) is 80.0 Å². The second-order valence-electron chi connectivity index (χ2n) is 11.1. The van der Waals surface area contributed by atoms with E-state index in [4.69, 9.17) is 9.84 Å². The molecule has 0 aliphatic carbocycles. The van der Waals surface area contributed by atoms with Crippen LogP contribution in [0.2, 0.25) is 0 Å². The van der Waals surface area contributed by atoms with Crippen molar-refractivity contribution in [2.45, 2.75) is 38.5 Å². The molecule has 0 bridgehead atoms. The zero-order valence-corrected chi connectivity index (χ0v) is 23.3. The molecule has 0 saturated heterocycles. The lowest BCUT2D eigenvalue weighted by Gasteiger charge is -2.29. The highest BCUT2D eigenvalue weighted by Crippen LogP contribution is 2.45. The average Bonchev–Trinajstić information content (AvgIpc) is 3.01. The van der Waals surface area contributed by atoms with Crippen LogP contribution in [0.5, 0.6) is 0 Å². The van der Waals surface area contributed by atoms with E-state index in [2.05, 4.69) is 5.32 Å². The van der Waals surface area contributed by atoms with E-state index in [9.17, 15) is 24.0 Å². The van der Waals surface area contributed by atoms with Crippen molar-refractivity contribution in [2.75, 3.05) is 19.8 Å². The summed E-state index contributed by atoms with van der Waals surface area (Å²) in [5.74, 6) is -1.86. The van der Waals surface area contributed by atoms with Gasteiger partial charge in [-0.2, -0.15) is 0 Å². The van der Waals surface area contributed by atoms with Gasteiger partial charge in [0.15, 0.2) is 0 Å². The third kappa shape index (κ3) is 4.14. The molecule has 4 amide bonds. The summed E-state index contributed by atoms with van der Waals surface area (Å²) in [5, 5.41) is 17.5. The Hall–Kier alpha value is -4.89. The predicted octanol–water partition coefficient (Wildman–Crippen LogP) is 5.09. The largest absolute Gasteiger partial charge is 0.466 e. The highest BCUT2D eigenvalue weighted by atomic mass is 16.5. The minimum atomic E-state index is -0.430. The zero-order valence-electron chi connectivity index (χ0n) is 23.3. The molecule has 0 fully saturated rings. The first kappa shape index (κ1) is 27.0. The summed E-state index contributed by atoms with van der Waals surface area (Å²) < 4.78 is 5.27. The Bertz CT molecular complexity index is 1910. The Kier molecular flexibility index (Phi) is 6.54. The zero-order chi connectivity index (χ0) is 29.8. The number of esters is 1. The first-order valence-electron chi connectivity index (χ1n) is 14.6. The molecule has 5 aromatic rings. The van der Waals surface area contributed by atoms with E-state index in [1.54, 1.807) is 24.3 Å². The molecule has 0 atom stereocenters. The first-order valence-corrected chi connectivity index (χ1v) is 14.6. The number of imide groups is 2. The van der Waals surface area contributed by atoms with Gasteiger partial charge >= 0.3 is 5.97 Å². The lowest BCUT2D eigenvalue weighted by atomic mass is 9.82. The number of unbranched alkanes of at least 4 members (excludes halogenated alkanes) is 3. The highest BCUT2D eigenvalue weighted by Gasteiger charge is 2.34. The van der Waals surface area contributed by atoms with Crippen molar-refractivity contribution in [3.8, 4) is 0 Å². The SMILES string of the molecule is O=C(CCCCCO)OCCCCN1C(=O)c2ccc3c4ccc5c6c(ccc(c7ccc(c2c37)C1=O)c64)C(=O)NC5=O. The van der Waals surface area contributed by atoms with Crippen molar-refractivity contribution in [2.24, 2.45) is 0 Å². The summed E-state index contributed by atoms with van der Waals surface area (Å²) in [6, 6.07) is 14.5. The molecule has 7 rings (SSSR count). The van der Waals surface area contributed by atoms with Gasteiger partial charge < -0.3 is 9.84 Å². The Morgan fingerprint density at radius 3 is 1.67 bits per heavy atom. The van der Waals surface area contributed by atoms with Crippen LogP contribution in [0, 0.1) is 0 Å². The maximum Gasteiger partial charge on any atom is 0.305 e. The number of aliphatic hydroxyl groups excluding tert-OH is 1. The Morgan fingerprint density at radius 1 is 0.628 bits per heavy atom. The second kappa shape index (κ2) is 10.4. The van der Waals surface area contributed by atoms with E-state index in [1.165, 1.54) is 4.90 Å². The Balaban J connectivity index is 1.20. The number of nitrogens with one attached hydrogen (secondary N) is 1. The highest BCUT2D eigenvalue weighted by molar-refractivity contribution is 6.41. The van der Waals surface area contributed by atoms with Gasteiger partial charge in [0.2, 0.25) is 0 Å². The molecule has 2 heterocycles. The molecule has 2 aliphatic rings. The van der Waals surface area contributed by atoms with Gasteiger partial charge in [0.25, 0.3) is 23.6 Å². The average molecular weight is 577 g/mol. The molecule has 0 radical (unpaired) electrons. The number of hydrogen-bond acceptors (Lipinski definition) is 7. The number of hydrogen-bond donors (Lipinski definition) is 2. The van der Waals surface area contributed by atoms with Gasteiger partial charge in [-0.3, -0.25) is 34.2 Å². The quantitative estimate of drug-likeness (QED) is 0.0778. The number of carbonyl (C=O) groups excluding carboxylic acids is 5. The van der Waals surface area contributed by atoms with Crippen molar-refractivity contribution < 1.29 is 33.8 Å². The van der Waals surface area contributed by atoms with E-state index in [-0.39, 0.29) is 37.5 Å². The lowest BCUT2D eigenvalue weighted by Crippen LogP contribution is -2.41. The number of amides is 4. The van der Waals surface area contributed by atoms with E-state index in [0.717, 1.165) is 38.7 Å². The first-order chi connectivity index (χ1) is 20.9. The number of carbonyl (C=O) groups is 5. The maximum atomic E-state index is 13.7. The molecule has 0 unspecified atom stereocenters. The number of benzene rings is 5. The topological polar surface area (TPSA) is 130 Å². The summed E-state index contributed by atoms with van der Waals surface area (Å²) in [7, 11) is 0. The van der Waals surface area contributed by atoms with Gasteiger partial charge in [-0.1, -0.05) is 30.7 Å². The number of ether oxygens (including phenoxy) is 1. The minimum absolute atomic E-state index is 0.112. The van der Waals surface area contributed by atoms with Crippen molar-refractivity contribution >= 4 is 72.7 Å². The number of fused-ring (bicyclic) bond motifs is 2. The molecule has 9 heteroatoms. The fraction of sp³-hybridized carbons (Fsp3) is 0.265. The Morgan fingerprint density at radius 2 is 1.14 bits per heavy atom. The summed E-state index contributed by atoms with van der Waals surface area (Å²) in [6.07, 6.45) is 3.43. The van der Waals surface area contributed by atoms with E-state index in [0.29, 0.717) is 65.1 Å². The van der Waals surface area contributed by atoms with Gasteiger partial charge in [-0.25, -0.2) is 0 Å². The molecular formula is C34H28N2O7. The Labute approximate surface area is 245 Å². The van der Waals surface area contributed by atoms with E-state index < -0.39 is 11.8 Å². The van der Waals surface area contributed by atoms with Gasteiger partial charge in [-0.05, 0) is 82.3 Å². The monoisotopic (exact) mass is 576 g/mol. The fourth-order valence-electron chi connectivity index (χ4n) is 6.64. The van der Waals surface area contributed by atoms with Crippen LogP contribution in [0.4, 0.5) is 0 Å². The third-order valence-corrected chi connectivity index (χ3v) is 8.65. The van der Waals surface area contributed by atoms with Crippen molar-refractivity contribution in [3.63, 3.8) is 0 Å². The maximum absolute atomic E-state index is 13.7. The van der Waals surface area contributed by atoms with Gasteiger partial charge in [0.05, 0.1) is 6.61 Å². The summed E-state index contributed by atoms with van der Waals surface area (Å²) in [6.45, 7) is 0.538. The van der Waals surface area contributed by atoms with Crippen LogP contribution in [0.15, 0.2) is 48.5 Å². The second-order valence-corrected chi connectivity index (χ2v) is 11.1. The standard InChI is InChI=1S/C34H28N2O7/c37-16-4-1-2-6-26(38)43-17-5-3-15-36-33(41)24-13-9-20-18-7-11-22-29-23(32(40)35-31(22)39)12-8-19(27(18)29)21-10-14-25(34(36)42)30(24)28(20)21/h7-14,37H,1-6,15-17H2,(H,35,39,40). The lowest BCUT2D eigenvalue weighted by molar-refractivity contribution is -0.143. The third-order valence-electron chi connectivity index (χ3n) is 8.65. The van der Waals surface area contributed by atoms with Crippen LogP contribution in [-0.2, 0) is 9.53 Å². The molecule has 2 aliphatic heterocycles. The van der Waals surface area contributed by atoms with Crippen LogP contribution >= 0.6 is 0 Å².